The maximum absolute atomic E-state index is 13.5. The number of thiophene rings is 1. The van der Waals surface area contributed by atoms with E-state index in [1.807, 2.05) is 66.7 Å². The number of hydrogen-bond donors (Lipinski definition) is 1. The summed E-state index contributed by atoms with van der Waals surface area (Å²) in [6.07, 6.45) is 5.90. The van der Waals surface area contributed by atoms with E-state index < -0.39 is 0 Å². The second-order valence-electron chi connectivity index (χ2n) is 9.77. The number of nitrogens with one attached hydrogen (secondary N) is 1. The Kier molecular flexibility index (Phi) is 7.60. The van der Waals surface area contributed by atoms with Crippen LogP contribution in [0.1, 0.15) is 44.8 Å². The van der Waals surface area contributed by atoms with E-state index >= 15 is 0 Å². The van der Waals surface area contributed by atoms with Crippen molar-refractivity contribution >= 4 is 44.9 Å². The Bertz CT molecular complexity index is 1690. The van der Waals surface area contributed by atoms with Gasteiger partial charge in [0.15, 0.2) is 11.5 Å². The highest BCUT2D eigenvalue weighted by Crippen LogP contribution is 2.41. The fraction of sp³-hybridized carbons (Fsp3) is 0.176. The summed E-state index contributed by atoms with van der Waals surface area (Å²) in [6.45, 7) is 0.389. The third-order valence-electron chi connectivity index (χ3n) is 7.21. The number of hydrogen-bond acceptors (Lipinski definition) is 5. The Morgan fingerprint density at radius 2 is 1.70 bits per heavy atom. The number of aryl methyl sites for hydroxylation is 1. The molecule has 200 valence electrons. The molecule has 6 rings (SSSR count). The van der Waals surface area contributed by atoms with Gasteiger partial charge in [0.05, 0.1) is 12.7 Å². The number of carbonyl (C=O) groups excluding carboxylic acids is 1. The van der Waals surface area contributed by atoms with E-state index in [0.717, 1.165) is 58.4 Å². The molecule has 5 nitrogen and oxygen atoms in total. The first-order valence-electron chi connectivity index (χ1n) is 13.5. The molecule has 4 aromatic carbocycles. The van der Waals surface area contributed by atoms with Crippen molar-refractivity contribution in [3.05, 3.63) is 118 Å². The molecular weight excluding hydrogens is 516 g/mol. The third-order valence-corrected chi connectivity index (χ3v) is 8.41. The van der Waals surface area contributed by atoms with Crippen molar-refractivity contribution in [1.29, 1.82) is 0 Å². The monoisotopic (exact) mass is 546 g/mol. The average molecular weight is 547 g/mol. The van der Waals surface area contributed by atoms with E-state index in [1.165, 1.54) is 10.3 Å². The standard InChI is InChI=1S/C34H30N2O3S/c1-38-29-19-10-13-24(32(29)39-22-25-14-9-12-23-11-5-6-17-27(23)25)21-35-34-31(28-18-7-8-20-30(28)40-34)33(37)36-26-15-3-2-4-16-26/h2-6,9-17,19,21H,7-8,18,20,22H2,1H3,(H,36,37). The third kappa shape index (κ3) is 5.36. The molecule has 1 N–H and O–H groups in total. The minimum atomic E-state index is -0.115. The van der Waals surface area contributed by atoms with E-state index in [1.54, 1.807) is 24.7 Å². The van der Waals surface area contributed by atoms with Crippen LogP contribution in [0.4, 0.5) is 10.7 Å². The number of para-hydroxylation sites is 2. The average Bonchev–Trinajstić information content (AvgIpc) is 3.38. The summed E-state index contributed by atoms with van der Waals surface area (Å²) in [4.78, 5) is 19.6. The number of ether oxygens (including phenoxy) is 2. The van der Waals surface area contributed by atoms with Gasteiger partial charge in [-0.15, -0.1) is 11.3 Å². The topological polar surface area (TPSA) is 59.9 Å². The number of fused-ring (bicyclic) bond motifs is 2. The van der Waals surface area contributed by atoms with Crippen molar-refractivity contribution in [3.63, 3.8) is 0 Å². The fourth-order valence-corrected chi connectivity index (χ4v) is 6.47. The second kappa shape index (κ2) is 11.8. The molecular formula is C34H30N2O3S. The molecule has 5 aromatic rings. The summed E-state index contributed by atoms with van der Waals surface area (Å²) in [7, 11) is 1.64. The van der Waals surface area contributed by atoms with Crippen LogP contribution < -0.4 is 14.8 Å². The van der Waals surface area contributed by atoms with Crippen LogP contribution in [0.25, 0.3) is 10.8 Å². The van der Waals surface area contributed by atoms with Gasteiger partial charge in [-0.05, 0) is 71.8 Å². The van der Waals surface area contributed by atoms with Gasteiger partial charge in [-0.3, -0.25) is 4.79 Å². The lowest BCUT2D eigenvalue weighted by atomic mass is 9.95. The lowest BCUT2D eigenvalue weighted by Crippen LogP contribution is -2.14. The molecule has 1 aromatic heterocycles. The first-order valence-corrected chi connectivity index (χ1v) is 14.3. The lowest BCUT2D eigenvalue weighted by Gasteiger charge is -2.14. The van der Waals surface area contributed by atoms with Gasteiger partial charge in [-0.2, -0.15) is 0 Å². The van der Waals surface area contributed by atoms with Crippen LogP contribution >= 0.6 is 11.3 Å². The lowest BCUT2D eigenvalue weighted by molar-refractivity contribution is 0.102. The smallest absolute Gasteiger partial charge is 0.259 e. The van der Waals surface area contributed by atoms with Gasteiger partial charge in [0.2, 0.25) is 0 Å². The highest BCUT2D eigenvalue weighted by molar-refractivity contribution is 7.16. The maximum Gasteiger partial charge on any atom is 0.259 e. The maximum atomic E-state index is 13.5. The molecule has 0 aliphatic heterocycles. The molecule has 0 unspecified atom stereocenters. The van der Waals surface area contributed by atoms with Crippen molar-refractivity contribution in [2.75, 3.05) is 12.4 Å². The van der Waals surface area contributed by atoms with Crippen LogP contribution in [0.2, 0.25) is 0 Å². The molecule has 1 heterocycles. The zero-order chi connectivity index (χ0) is 27.3. The zero-order valence-corrected chi connectivity index (χ0v) is 23.2. The highest BCUT2D eigenvalue weighted by atomic mass is 32.1. The number of amides is 1. The van der Waals surface area contributed by atoms with Gasteiger partial charge in [0.1, 0.15) is 11.6 Å². The highest BCUT2D eigenvalue weighted by Gasteiger charge is 2.25. The predicted octanol–water partition coefficient (Wildman–Crippen LogP) is 8.37. The first kappa shape index (κ1) is 25.8. The Morgan fingerprint density at radius 1 is 0.925 bits per heavy atom. The van der Waals surface area contributed by atoms with Gasteiger partial charge in [-0.25, -0.2) is 4.99 Å². The Labute approximate surface area is 238 Å². The molecule has 40 heavy (non-hydrogen) atoms. The summed E-state index contributed by atoms with van der Waals surface area (Å²) >= 11 is 1.62. The van der Waals surface area contributed by atoms with E-state index in [-0.39, 0.29) is 5.91 Å². The van der Waals surface area contributed by atoms with Gasteiger partial charge in [0, 0.05) is 22.3 Å². The molecule has 1 amide bonds. The van der Waals surface area contributed by atoms with Gasteiger partial charge in [-0.1, -0.05) is 66.7 Å². The normalized spacial score (nSPS) is 12.8. The quantitative estimate of drug-likeness (QED) is 0.199. The number of nitrogens with zero attached hydrogens (tertiary/aromatic N) is 1. The van der Waals surface area contributed by atoms with Gasteiger partial charge < -0.3 is 14.8 Å². The summed E-state index contributed by atoms with van der Waals surface area (Å²) in [6, 6.07) is 29.9. The molecule has 6 heteroatoms. The van der Waals surface area contributed by atoms with Gasteiger partial charge >= 0.3 is 0 Å². The molecule has 1 aliphatic rings. The van der Waals surface area contributed by atoms with Crippen LogP contribution in [0.15, 0.2) is 96.0 Å². The fourth-order valence-electron chi connectivity index (χ4n) is 5.24. The number of methoxy groups -OCH3 is 1. The van der Waals surface area contributed by atoms with E-state index in [9.17, 15) is 4.79 Å². The van der Waals surface area contributed by atoms with E-state index in [4.69, 9.17) is 14.5 Å². The van der Waals surface area contributed by atoms with Crippen LogP contribution in [-0.2, 0) is 19.4 Å². The number of aliphatic imine (C=N–C) groups is 1. The number of benzene rings is 4. The van der Waals surface area contributed by atoms with Crippen LogP contribution in [0.3, 0.4) is 0 Å². The molecule has 0 spiro atoms. The molecule has 0 saturated carbocycles. The molecule has 0 saturated heterocycles. The van der Waals surface area contributed by atoms with Crippen LogP contribution in [0.5, 0.6) is 11.5 Å². The molecule has 0 radical (unpaired) electrons. The molecule has 1 aliphatic carbocycles. The largest absolute Gasteiger partial charge is 0.493 e. The van der Waals surface area contributed by atoms with Gasteiger partial charge in [0.25, 0.3) is 5.91 Å². The molecule has 0 atom stereocenters. The predicted molar refractivity (Wildman–Crippen MR) is 164 cm³/mol. The van der Waals surface area contributed by atoms with Crippen molar-refractivity contribution in [1.82, 2.24) is 0 Å². The molecule has 0 fully saturated rings. The summed E-state index contributed by atoms with van der Waals surface area (Å²) in [5, 5.41) is 6.12. The molecule has 0 bridgehead atoms. The summed E-state index contributed by atoms with van der Waals surface area (Å²) < 4.78 is 12.0. The Morgan fingerprint density at radius 3 is 2.58 bits per heavy atom. The first-order chi connectivity index (χ1) is 19.7. The number of carbonyl (C=O) groups is 1. The minimum absolute atomic E-state index is 0.115. The number of rotatable bonds is 8. The van der Waals surface area contributed by atoms with Crippen LogP contribution in [0, 0.1) is 0 Å². The SMILES string of the molecule is COc1cccc(C=Nc2sc3c(c2C(=O)Nc2ccccc2)CCCC3)c1OCc1cccc2ccccc12. The Hall–Kier alpha value is -4.42. The van der Waals surface area contributed by atoms with Crippen molar-refractivity contribution in [2.45, 2.75) is 32.3 Å². The summed E-state index contributed by atoms with van der Waals surface area (Å²) in [5.74, 6) is 1.14. The van der Waals surface area contributed by atoms with Crippen molar-refractivity contribution in [3.8, 4) is 11.5 Å². The Balaban J connectivity index is 1.32. The van der Waals surface area contributed by atoms with E-state index in [2.05, 4.69) is 29.6 Å². The van der Waals surface area contributed by atoms with E-state index in [0.29, 0.717) is 23.7 Å². The van der Waals surface area contributed by atoms with Crippen LogP contribution in [-0.4, -0.2) is 19.2 Å². The van der Waals surface area contributed by atoms with Crippen molar-refractivity contribution < 1.29 is 14.3 Å². The zero-order valence-electron chi connectivity index (χ0n) is 22.4. The minimum Gasteiger partial charge on any atom is -0.493 e. The summed E-state index contributed by atoms with van der Waals surface area (Å²) in [5.41, 5.74) is 4.48. The number of anilines is 1. The van der Waals surface area contributed by atoms with Crippen molar-refractivity contribution in [2.24, 2.45) is 4.99 Å². The second-order valence-corrected chi connectivity index (χ2v) is 10.9.